The van der Waals surface area contributed by atoms with Crippen molar-refractivity contribution < 1.29 is 8.42 Å². The lowest BCUT2D eigenvalue weighted by atomic mass is 9.86. The third-order valence-corrected chi connectivity index (χ3v) is 6.93. The Morgan fingerprint density at radius 3 is 2.27 bits per heavy atom. The highest BCUT2D eigenvalue weighted by Crippen LogP contribution is 2.26. The zero-order valence-electron chi connectivity index (χ0n) is 16.4. The summed E-state index contributed by atoms with van der Waals surface area (Å²) in [6.07, 6.45) is 12.7. The van der Waals surface area contributed by atoms with Crippen molar-refractivity contribution in [2.45, 2.75) is 57.8 Å². The Labute approximate surface area is 177 Å². The van der Waals surface area contributed by atoms with Crippen molar-refractivity contribution in [2.24, 2.45) is 16.8 Å². The minimum absolute atomic E-state index is 0. The Kier molecular flexibility index (Phi) is 11.4. The maximum absolute atomic E-state index is 11.5. The first-order valence-electron chi connectivity index (χ1n) is 9.88. The fourth-order valence-corrected chi connectivity index (χ4v) is 4.85. The summed E-state index contributed by atoms with van der Waals surface area (Å²) >= 11 is 0. The molecule has 6 nitrogen and oxygen atoms in total. The lowest BCUT2D eigenvalue weighted by Crippen LogP contribution is -2.44. The summed E-state index contributed by atoms with van der Waals surface area (Å²) in [5, 5.41) is 6.82. The number of nitrogens with zero attached hydrogens (tertiary/aromatic N) is 2. The van der Waals surface area contributed by atoms with Crippen LogP contribution in [-0.2, 0) is 10.0 Å². The van der Waals surface area contributed by atoms with Gasteiger partial charge in [-0.15, -0.1) is 24.0 Å². The minimum Gasteiger partial charge on any atom is -0.356 e. The van der Waals surface area contributed by atoms with Crippen LogP contribution in [0, 0.1) is 11.8 Å². The van der Waals surface area contributed by atoms with Crippen LogP contribution in [0.15, 0.2) is 4.99 Å². The Bertz CT molecular complexity index is 513. The van der Waals surface area contributed by atoms with Crippen LogP contribution in [0.25, 0.3) is 0 Å². The smallest absolute Gasteiger partial charge is 0.211 e. The van der Waals surface area contributed by atoms with E-state index in [2.05, 4.69) is 15.6 Å². The molecule has 1 aliphatic heterocycles. The molecular weight excluding hydrogens is 463 g/mol. The van der Waals surface area contributed by atoms with Gasteiger partial charge in [-0.1, -0.05) is 32.1 Å². The number of aliphatic imine (C=N–C) groups is 1. The van der Waals surface area contributed by atoms with Crippen LogP contribution < -0.4 is 10.6 Å². The molecule has 0 bridgehead atoms. The van der Waals surface area contributed by atoms with E-state index in [1.807, 2.05) is 7.05 Å². The van der Waals surface area contributed by atoms with Gasteiger partial charge in [0.05, 0.1) is 6.26 Å². The third-order valence-electron chi connectivity index (χ3n) is 5.63. The van der Waals surface area contributed by atoms with Gasteiger partial charge in [0.1, 0.15) is 0 Å². The van der Waals surface area contributed by atoms with Gasteiger partial charge in [-0.2, -0.15) is 0 Å². The monoisotopic (exact) mass is 500 g/mol. The number of rotatable bonds is 7. The number of guanidine groups is 1. The summed E-state index contributed by atoms with van der Waals surface area (Å²) in [7, 11) is -1.22. The Balaban J connectivity index is 0.00000338. The van der Waals surface area contributed by atoms with Gasteiger partial charge in [-0.25, -0.2) is 12.7 Å². The van der Waals surface area contributed by atoms with Gasteiger partial charge in [0.25, 0.3) is 0 Å². The quantitative estimate of drug-likeness (QED) is 0.244. The average molecular weight is 500 g/mol. The molecule has 0 aromatic heterocycles. The number of piperidine rings is 1. The number of hydrogen-bond donors (Lipinski definition) is 2. The van der Waals surface area contributed by atoms with E-state index in [0.717, 1.165) is 37.8 Å². The summed E-state index contributed by atoms with van der Waals surface area (Å²) in [5.74, 6) is 2.32. The molecule has 0 atom stereocenters. The van der Waals surface area contributed by atoms with Gasteiger partial charge >= 0.3 is 0 Å². The minimum atomic E-state index is -3.03. The van der Waals surface area contributed by atoms with Crippen molar-refractivity contribution in [2.75, 3.05) is 39.5 Å². The summed E-state index contributed by atoms with van der Waals surface area (Å²) in [6.45, 7) is 3.11. The van der Waals surface area contributed by atoms with E-state index in [1.165, 1.54) is 51.2 Å². The molecule has 0 radical (unpaired) electrons. The van der Waals surface area contributed by atoms with Gasteiger partial charge < -0.3 is 10.6 Å². The van der Waals surface area contributed by atoms with E-state index in [0.29, 0.717) is 19.0 Å². The predicted molar refractivity (Wildman–Crippen MR) is 120 cm³/mol. The van der Waals surface area contributed by atoms with Gasteiger partial charge in [0.15, 0.2) is 5.96 Å². The van der Waals surface area contributed by atoms with E-state index < -0.39 is 10.0 Å². The maximum atomic E-state index is 11.5. The summed E-state index contributed by atoms with van der Waals surface area (Å²) < 4.78 is 24.7. The second kappa shape index (κ2) is 12.4. The predicted octanol–water partition coefficient (Wildman–Crippen LogP) is 2.80. The molecule has 2 aliphatic rings. The fraction of sp³-hybridized carbons (Fsp3) is 0.944. The number of nitrogens with one attached hydrogen (secondary N) is 2. The first-order valence-corrected chi connectivity index (χ1v) is 11.7. The first kappa shape index (κ1) is 23.9. The van der Waals surface area contributed by atoms with Crippen molar-refractivity contribution in [1.82, 2.24) is 14.9 Å². The van der Waals surface area contributed by atoms with Crippen molar-refractivity contribution in [1.29, 1.82) is 0 Å². The molecule has 0 aromatic carbocycles. The van der Waals surface area contributed by atoms with Gasteiger partial charge in [-0.3, -0.25) is 4.99 Å². The largest absolute Gasteiger partial charge is 0.356 e. The van der Waals surface area contributed by atoms with Gasteiger partial charge in [0.2, 0.25) is 10.0 Å². The van der Waals surface area contributed by atoms with E-state index in [9.17, 15) is 8.42 Å². The zero-order chi connectivity index (χ0) is 18.1. The molecule has 2 fully saturated rings. The van der Waals surface area contributed by atoms with Gasteiger partial charge in [0, 0.05) is 33.2 Å². The molecule has 0 aromatic rings. The van der Waals surface area contributed by atoms with Crippen molar-refractivity contribution in [3.8, 4) is 0 Å². The van der Waals surface area contributed by atoms with Crippen LogP contribution in [0.5, 0.6) is 0 Å². The van der Waals surface area contributed by atoms with E-state index in [4.69, 9.17) is 0 Å². The molecule has 1 saturated heterocycles. The van der Waals surface area contributed by atoms with Crippen LogP contribution in [-0.4, -0.2) is 58.2 Å². The summed E-state index contributed by atoms with van der Waals surface area (Å²) in [5.41, 5.74) is 0. The first-order chi connectivity index (χ1) is 12.0. The lowest BCUT2D eigenvalue weighted by molar-refractivity contribution is 0.274. The van der Waals surface area contributed by atoms with E-state index >= 15 is 0 Å². The number of halogens is 1. The normalized spacial score (nSPS) is 21.2. The standard InChI is InChI=1S/C18H36N4O2S.HI/c1-19-18(20-12-6-9-16-7-4-3-5-8-16)21-15-17-10-13-22(14-11-17)25(2,23)24;/h16-17H,3-15H2,1-2H3,(H2,19,20,21);1H. The molecule has 2 N–H and O–H groups in total. The van der Waals surface area contributed by atoms with Gasteiger partial charge in [-0.05, 0) is 37.5 Å². The molecule has 0 amide bonds. The van der Waals surface area contributed by atoms with Crippen LogP contribution in [0.3, 0.4) is 0 Å². The average Bonchev–Trinajstić information content (AvgIpc) is 2.61. The Hall–Kier alpha value is -0.0900. The second-order valence-electron chi connectivity index (χ2n) is 7.63. The molecular formula is C18H37IN4O2S. The molecule has 26 heavy (non-hydrogen) atoms. The Morgan fingerprint density at radius 2 is 1.69 bits per heavy atom. The Morgan fingerprint density at radius 1 is 1.04 bits per heavy atom. The van der Waals surface area contributed by atoms with Crippen LogP contribution in [0.1, 0.15) is 57.8 Å². The van der Waals surface area contributed by atoms with Crippen molar-refractivity contribution >= 4 is 40.0 Å². The number of sulfonamides is 1. The second-order valence-corrected chi connectivity index (χ2v) is 9.61. The highest BCUT2D eigenvalue weighted by Gasteiger charge is 2.24. The van der Waals surface area contributed by atoms with Crippen LogP contribution >= 0.6 is 24.0 Å². The number of hydrogen-bond acceptors (Lipinski definition) is 3. The zero-order valence-corrected chi connectivity index (χ0v) is 19.5. The fourth-order valence-electron chi connectivity index (χ4n) is 3.98. The SMILES string of the molecule is CN=C(NCCCC1CCCCC1)NCC1CCN(S(C)(=O)=O)CC1.I. The molecule has 1 aliphatic carbocycles. The maximum Gasteiger partial charge on any atom is 0.211 e. The van der Waals surface area contributed by atoms with Crippen molar-refractivity contribution in [3.63, 3.8) is 0 Å². The summed E-state index contributed by atoms with van der Waals surface area (Å²) in [4.78, 5) is 4.30. The third kappa shape index (κ3) is 8.73. The molecule has 154 valence electrons. The molecule has 0 spiro atoms. The molecule has 0 unspecified atom stereocenters. The molecule has 2 rings (SSSR count). The molecule has 8 heteroatoms. The molecule has 1 heterocycles. The molecule has 1 saturated carbocycles. The topological polar surface area (TPSA) is 73.8 Å². The van der Waals surface area contributed by atoms with Crippen LogP contribution in [0.4, 0.5) is 0 Å². The van der Waals surface area contributed by atoms with Crippen LogP contribution in [0.2, 0.25) is 0 Å². The summed E-state index contributed by atoms with van der Waals surface area (Å²) in [6, 6.07) is 0. The lowest BCUT2D eigenvalue weighted by Gasteiger charge is -2.30. The highest BCUT2D eigenvalue weighted by molar-refractivity contribution is 14.0. The van der Waals surface area contributed by atoms with E-state index in [1.54, 1.807) is 4.31 Å². The van der Waals surface area contributed by atoms with E-state index in [-0.39, 0.29) is 24.0 Å². The highest BCUT2D eigenvalue weighted by atomic mass is 127. The van der Waals surface area contributed by atoms with Crippen molar-refractivity contribution in [3.05, 3.63) is 0 Å².